The maximum atomic E-state index is 8.58. The van der Waals surface area contributed by atoms with Gasteiger partial charge in [0, 0.05) is 4.47 Å². The third-order valence-electron chi connectivity index (χ3n) is 1.10. The zero-order valence-corrected chi connectivity index (χ0v) is 9.80. The summed E-state index contributed by atoms with van der Waals surface area (Å²) in [5.74, 6) is 0.403. The Kier molecular flexibility index (Phi) is 3.93. The smallest absolute Gasteiger partial charge is 0.391 e. The average Bonchev–Trinajstić information content (AvgIpc) is 1.98. The number of hydrogen-bond donors (Lipinski definition) is 2. The highest BCUT2D eigenvalue weighted by Crippen LogP contribution is 2.38. The predicted octanol–water partition coefficient (Wildman–Crippen LogP) is 2.80. The van der Waals surface area contributed by atoms with Gasteiger partial charge in [-0.15, -0.1) is 0 Å². The van der Waals surface area contributed by atoms with Gasteiger partial charge in [0.2, 0.25) is 0 Å². The van der Waals surface area contributed by atoms with E-state index in [2.05, 4.69) is 31.9 Å². The molecule has 0 aromatic heterocycles. The Bertz CT molecular complexity index is 279. The molecule has 1 aromatic carbocycles. The van der Waals surface area contributed by atoms with E-state index in [9.17, 15) is 0 Å². The van der Waals surface area contributed by atoms with Gasteiger partial charge in [-0.3, -0.25) is 0 Å². The van der Waals surface area contributed by atoms with E-state index in [-0.39, 0.29) is 0 Å². The van der Waals surface area contributed by atoms with Crippen molar-refractivity contribution in [1.82, 2.24) is 0 Å². The van der Waals surface area contributed by atoms with Crippen molar-refractivity contribution < 1.29 is 14.3 Å². The lowest BCUT2D eigenvalue weighted by Gasteiger charge is -2.07. The van der Waals surface area contributed by atoms with E-state index in [1.54, 1.807) is 12.1 Å². The van der Waals surface area contributed by atoms with Crippen LogP contribution >= 0.6 is 40.5 Å². The van der Waals surface area contributed by atoms with Gasteiger partial charge in [0.25, 0.3) is 0 Å². The standard InChI is InChI=1S/C6H5Br2O3P/c7-4-2-1-3-5(6(4)8)11-12(9)10/h1-3,9-10H. The van der Waals surface area contributed by atoms with Gasteiger partial charge in [0.1, 0.15) is 5.75 Å². The molecule has 1 aromatic rings. The number of rotatable bonds is 2. The molecule has 0 atom stereocenters. The molecule has 12 heavy (non-hydrogen) atoms. The fourth-order valence-corrected chi connectivity index (χ4v) is 1.79. The fourth-order valence-electron chi connectivity index (χ4n) is 0.642. The third kappa shape index (κ3) is 2.68. The number of benzene rings is 1. The first-order valence-electron chi connectivity index (χ1n) is 2.91. The molecule has 0 aliphatic heterocycles. The molecule has 0 radical (unpaired) electrons. The molecular weight excluding hydrogens is 311 g/mol. The minimum atomic E-state index is -2.36. The summed E-state index contributed by atoms with van der Waals surface area (Å²) in [6.07, 6.45) is 0. The predicted molar refractivity (Wildman–Crippen MR) is 53.8 cm³/mol. The van der Waals surface area contributed by atoms with Crippen molar-refractivity contribution in [3.05, 3.63) is 27.1 Å². The molecule has 3 nitrogen and oxygen atoms in total. The van der Waals surface area contributed by atoms with Crippen LogP contribution in [0.15, 0.2) is 27.1 Å². The molecule has 0 aliphatic carbocycles. The lowest BCUT2D eigenvalue weighted by Crippen LogP contribution is -1.86. The minimum Gasteiger partial charge on any atom is -0.426 e. The van der Waals surface area contributed by atoms with Crippen LogP contribution in [0.4, 0.5) is 0 Å². The fraction of sp³-hybridized carbons (Fsp3) is 0. The third-order valence-corrected chi connectivity index (χ3v) is 3.47. The highest BCUT2D eigenvalue weighted by molar-refractivity contribution is 9.13. The molecule has 0 saturated heterocycles. The topological polar surface area (TPSA) is 49.7 Å². The summed E-state index contributed by atoms with van der Waals surface area (Å²) in [5, 5.41) is 0. The first-order valence-corrected chi connectivity index (χ1v) is 5.66. The molecule has 0 fully saturated rings. The second-order valence-electron chi connectivity index (χ2n) is 1.90. The maximum Gasteiger partial charge on any atom is 0.391 e. The zero-order chi connectivity index (χ0) is 9.14. The average molecular weight is 316 g/mol. The number of halogens is 2. The summed E-state index contributed by atoms with van der Waals surface area (Å²) in [5.41, 5.74) is 0. The van der Waals surface area contributed by atoms with Crippen LogP contribution in [0.2, 0.25) is 0 Å². The van der Waals surface area contributed by atoms with Gasteiger partial charge in [-0.1, -0.05) is 6.07 Å². The summed E-state index contributed by atoms with van der Waals surface area (Å²) in [4.78, 5) is 17.2. The van der Waals surface area contributed by atoms with Crippen LogP contribution < -0.4 is 4.52 Å². The van der Waals surface area contributed by atoms with Gasteiger partial charge in [-0.2, -0.15) is 0 Å². The second-order valence-corrected chi connectivity index (χ2v) is 4.23. The Morgan fingerprint density at radius 1 is 1.25 bits per heavy atom. The van der Waals surface area contributed by atoms with Gasteiger partial charge in [-0.25, -0.2) is 0 Å². The van der Waals surface area contributed by atoms with Gasteiger partial charge in [0.15, 0.2) is 0 Å². The molecular formula is C6H5Br2O3P. The van der Waals surface area contributed by atoms with Gasteiger partial charge in [0.05, 0.1) is 4.47 Å². The molecule has 0 aliphatic rings. The molecule has 0 saturated carbocycles. The SMILES string of the molecule is OP(O)Oc1cccc(Br)c1Br. The molecule has 6 heteroatoms. The van der Waals surface area contributed by atoms with Crippen LogP contribution in [0.5, 0.6) is 5.75 Å². The van der Waals surface area contributed by atoms with Crippen LogP contribution in [0, 0.1) is 0 Å². The lowest BCUT2D eigenvalue weighted by molar-refractivity contribution is 0.374. The molecule has 0 unspecified atom stereocenters. The highest BCUT2D eigenvalue weighted by atomic mass is 79.9. The molecule has 66 valence electrons. The Morgan fingerprint density at radius 2 is 1.92 bits per heavy atom. The van der Waals surface area contributed by atoms with E-state index < -0.39 is 8.60 Å². The van der Waals surface area contributed by atoms with Gasteiger partial charge < -0.3 is 14.3 Å². The van der Waals surface area contributed by atoms with Crippen molar-refractivity contribution in [3.8, 4) is 5.75 Å². The summed E-state index contributed by atoms with van der Waals surface area (Å²) in [6.45, 7) is 0. The molecule has 0 amide bonds. The number of hydrogen-bond acceptors (Lipinski definition) is 3. The maximum absolute atomic E-state index is 8.58. The van der Waals surface area contributed by atoms with Crippen LogP contribution in [0.3, 0.4) is 0 Å². The van der Waals surface area contributed by atoms with Crippen LogP contribution in [-0.2, 0) is 0 Å². The van der Waals surface area contributed by atoms with E-state index in [0.29, 0.717) is 10.2 Å². The zero-order valence-electron chi connectivity index (χ0n) is 5.74. The summed E-state index contributed by atoms with van der Waals surface area (Å²) >= 11 is 6.48. The van der Waals surface area contributed by atoms with Gasteiger partial charge >= 0.3 is 8.60 Å². The molecule has 0 bridgehead atoms. The van der Waals surface area contributed by atoms with E-state index in [0.717, 1.165) is 4.47 Å². The van der Waals surface area contributed by atoms with Crippen molar-refractivity contribution in [1.29, 1.82) is 0 Å². The molecule has 0 heterocycles. The Hall–Kier alpha value is 0.330. The van der Waals surface area contributed by atoms with E-state index >= 15 is 0 Å². The van der Waals surface area contributed by atoms with E-state index in [1.807, 2.05) is 6.07 Å². The van der Waals surface area contributed by atoms with Crippen molar-refractivity contribution in [3.63, 3.8) is 0 Å². The van der Waals surface area contributed by atoms with Crippen molar-refractivity contribution in [2.24, 2.45) is 0 Å². The van der Waals surface area contributed by atoms with Gasteiger partial charge in [-0.05, 0) is 44.0 Å². The monoisotopic (exact) mass is 314 g/mol. The summed E-state index contributed by atoms with van der Waals surface area (Å²) < 4.78 is 6.19. The highest BCUT2D eigenvalue weighted by Gasteiger charge is 2.08. The molecule has 0 spiro atoms. The second kappa shape index (κ2) is 4.53. The first kappa shape index (κ1) is 10.4. The Labute approximate surface area is 87.6 Å². The quantitative estimate of drug-likeness (QED) is 0.825. The summed E-state index contributed by atoms with van der Waals surface area (Å²) in [6, 6.07) is 5.19. The van der Waals surface area contributed by atoms with Crippen LogP contribution in [-0.4, -0.2) is 9.79 Å². The first-order chi connectivity index (χ1) is 5.61. The molecule has 1 rings (SSSR count). The largest absolute Gasteiger partial charge is 0.426 e. The minimum absolute atomic E-state index is 0.403. The lowest BCUT2D eigenvalue weighted by atomic mass is 10.3. The van der Waals surface area contributed by atoms with Crippen LogP contribution in [0.1, 0.15) is 0 Å². The van der Waals surface area contributed by atoms with E-state index in [4.69, 9.17) is 14.3 Å². The summed E-state index contributed by atoms with van der Waals surface area (Å²) in [7, 11) is -2.36. The van der Waals surface area contributed by atoms with E-state index in [1.165, 1.54) is 0 Å². The molecule has 2 N–H and O–H groups in total. The van der Waals surface area contributed by atoms with Crippen molar-refractivity contribution in [2.45, 2.75) is 0 Å². The van der Waals surface area contributed by atoms with Crippen LogP contribution in [0.25, 0.3) is 0 Å². The Morgan fingerprint density at radius 3 is 2.50 bits per heavy atom. The van der Waals surface area contributed by atoms with Crippen molar-refractivity contribution >= 4 is 40.5 Å². The van der Waals surface area contributed by atoms with Crippen molar-refractivity contribution in [2.75, 3.05) is 0 Å². The normalized spacial score (nSPS) is 10.4. The Balaban J connectivity index is 2.92.